The predicted molar refractivity (Wildman–Crippen MR) is 71.7 cm³/mol. The minimum Gasteiger partial charge on any atom is -0.443 e. The Bertz CT molecular complexity index is 345. The first-order chi connectivity index (χ1) is 9.11. The lowest BCUT2D eigenvalue weighted by molar-refractivity contribution is 0.0473. The number of carbonyl (C=O) groups excluding carboxylic acids is 1. The lowest BCUT2D eigenvalue weighted by Gasteiger charge is -2.32. The van der Waals surface area contributed by atoms with Gasteiger partial charge in [0.25, 0.3) is 0 Å². The molecule has 0 unspecified atom stereocenters. The number of hydrogen-bond acceptors (Lipinski definition) is 3. The number of aliphatic hydroxyl groups excluding tert-OH is 1. The van der Waals surface area contributed by atoms with Crippen molar-refractivity contribution in [1.82, 2.24) is 4.90 Å². The highest BCUT2D eigenvalue weighted by Gasteiger charge is 2.45. The molecule has 3 rings (SSSR count). The summed E-state index contributed by atoms with van der Waals surface area (Å²) in [6.07, 6.45) is 6.39. The van der Waals surface area contributed by atoms with E-state index < -0.39 is 0 Å². The highest BCUT2D eigenvalue weighted by molar-refractivity contribution is 5.68. The third kappa shape index (κ3) is 3.04. The molecule has 19 heavy (non-hydrogen) atoms. The van der Waals surface area contributed by atoms with Crippen LogP contribution in [0.5, 0.6) is 0 Å². The van der Waals surface area contributed by atoms with Crippen molar-refractivity contribution in [3.63, 3.8) is 0 Å². The summed E-state index contributed by atoms with van der Waals surface area (Å²) in [7, 11) is 0. The van der Waals surface area contributed by atoms with Crippen LogP contribution in [0, 0.1) is 17.8 Å². The van der Waals surface area contributed by atoms with Crippen molar-refractivity contribution in [3.8, 4) is 0 Å². The van der Waals surface area contributed by atoms with E-state index in [4.69, 9.17) is 9.84 Å². The summed E-state index contributed by atoms with van der Waals surface area (Å²) in [6, 6.07) is 0. The predicted octanol–water partition coefficient (Wildman–Crippen LogP) is 2.41. The maximum Gasteiger partial charge on any atom is 0.410 e. The molecular weight excluding hydrogens is 242 g/mol. The SMILES string of the molecule is CC1(OC(=O)N2CCC([C@H]3C[C@H]3CCO)CC2)CC1. The first-order valence-corrected chi connectivity index (χ1v) is 7.70. The normalized spacial score (nSPS) is 33.1. The van der Waals surface area contributed by atoms with Crippen LogP contribution in [0.3, 0.4) is 0 Å². The van der Waals surface area contributed by atoms with Crippen molar-refractivity contribution in [2.24, 2.45) is 17.8 Å². The summed E-state index contributed by atoms with van der Waals surface area (Å²) in [5.41, 5.74) is -0.156. The van der Waals surface area contributed by atoms with Crippen LogP contribution in [0.25, 0.3) is 0 Å². The average molecular weight is 267 g/mol. The fourth-order valence-electron chi connectivity index (χ4n) is 3.41. The standard InChI is InChI=1S/C15H25NO3/c1-15(5-6-15)19-14(18)16-7-2-11(3-8-16)13-10-12(13)4-9-17/h11-13,17H,2-10H2,1H3/t12-,13-/m1/s1. The van der Waals surface area contributed by atoms with E-state index in [9.17, 15) is 4.79 Å². The van der Waals surface area contributed by atoms with E-state index in [0.717, 1.165) is 62.9 Å². The first kappa shape index (κ1) is 13.2. The molecular formula is C15H25NO3. The van der Waals surface area contributed by atoms with Gasteiger partial charge in [0.1, 0.15) is 5.60 Å². The van der Waals surface area contributed by atoms with Crippen LogP contribution in [0.4, 0.5) is 4.79 Å². The van der Waals surface area contributed by atoms with Gasteiger partial charge < -0.3 is 14.7 Å². The lowest BCUT2D eigenvalue weighted by atomic mass is 9.91. The fraction of sp³-hybridized carbons (Fsp3) is 0.933. The number of ether oxygens (including phenoxy) is 1. The third-order valence-electron chi connectivity index (χ3n) is 5.17. The highest BCUT2D eigenvalue weighted by atomic mass is 16.6. The molecule has 1 heterocycles. The van der Waals surface area contributed by atoms with Crippen LogP contribution >= 0.6 is 0 Å². The maximum absolute atomic E-state index is 12.0. The Hall–Kier alpha value is -0.770. The monoisotopic (exact) mass is 267 g/mol. The number of hydrogen-bond donors (Lipinski definition) is 1. The maximum atomic E-state index is 12.0. The Balaban J connectivity index is 1.41. The van der Waals surface area contributed by atoms with Gasteiger partial charge in [0.15, 0.2) is 0 Å². The molecule has 0 aromatic carbocycles. The van der Waals surface area contributed by atoms with E-state index in [0.29, 0.717) is 6.61 Å². The van der Waals surface area contributed by atoms with Crippen molar-refractivity contribution in [3.05, 3.63) is 0 Å². The molecule has 2 atom stereocenters. The fourth-order valence-corrected chi connectivity index (χ4v) is 3.41. The number of amides is 1. The summed E-state index contributed by atoms with van der Waals surface area (Å²) in [4.78, 5) is 13.9. The summed E-state index contributed by atoms with van der Waals surface area (Å²) in [5, 5.41) is 8.95. The summed E-state index contributed by atoms with van der Waals surface area (Å²) < 4.78 is 5.51. The Morgan fingerprint density at radius 1 is 1.37 bits per heavy atom. The van der Waals surface area contributed by atoms with Crippen LogP contribution in [0.1, 0.15) is 45.4 Å². The van der Waals surface area contributed by atoms with Crippen LogP contribution < -0.4 is 0 Å². The zero-order chi connectivity index (χ0) is 13.5. The molecule has 0 spiro atoms. The molecule has 1 amide bonds. The second-order valence-corrected chi connectivity index (χ2v) is 6.81. The minimum atomic E-state index is -0.156. The molecule has 3 fully saturated rings. The average Bonchev–Trinajstić information content (AvgIpc) is 3.29. The first-order valence-electron chi connectivity index (χ1n) is 7.70. The van der Waals surface area contributed by atoms with E-state index >= 15 is 0 Å². The highest BCUT2D eigenvalue weighted by Crippen LogP contribution is 2.49. The summed E-state index contributed by atoms with van der Waals surface area (Å²) >= 11 is 0. The largest absolute Gasteiger partial charge is 0.443 e. The van der Waals surface area contributed by atoms with Gasteiger partial charge in [-0.05, 0) is 63.2 Å². The number of likely N-dealkylation sites (tertiary alicyclic amines) is 1. The van der Waals surface area contributed by atoms with E-state index in [1.807, 2.05) is 11.8 Å². The van der Waals surface area contributed by atoms with Crippen LogP contribution in [-0.4, -0.2) is 41.4 Å². The molecule has 1 aliphatic heterocycles. The van der Waals surface area contributed by atoms with Crippen LogP contribution in [0.15, 0.2) is 0 Å². The molecule has 1 saturated heterocycles. The number of aliphatic hydroxyl groups is 1. The third-order valence-corrected chi connectivity index (χ3v) is 5.17. The van der Waals surface area contributed by atoms with Crippen molar-refractivity contribution in [2.45, 2.75) is 51.0 Å². The van der Waals surface area contributed by atoms with Gasteiger partial charge >= 0.3 is 6.09 Å². The smallest absolute Gasteiger partial charge is 0.410 e. The Morgan fingerprint density at radius 3 is 2.63 bits per heavy atom. The second kappa shape index (κ2) is 4.97. The quantitative estimate of drug-likeness (QED) is 0.851. The Labute approximate surface area is 115 Å². The van der Waals surface area contributed by atoms with E-state index in [-0.39, 0.29) is 11.7 Å². The minimum absolute atomic E-state index is 0.110. The Morgan fingerprint density at radius 2 is 2.05 bits per heavy atom. The van der Waals surface area contributed by atoms with Gasteiger partial charge in [0.05, 0.1) is 0 Å². The molecule has 2 aliphatic carbocycles. The molecule has 0 radical (unpaired) electrons. The number of piperidine rings is 1. The Kier molecular flexibility index (Phi) is 3.46. The summed E-state index contributed by atoms with van der Waals surface area (Å²) in [6.45, 7) is 4.04. The molecule has 0 bridgehead atoms. The number of carbonyl (C=O) groups is 1. The van der Waals surface area contributed by atoms with Crippen LogP contribution in [0.2, 0.25) is 0 Å². The number of rotatable bonds is 4. The van der Waals surface area contributed by atoms with Gasteiger partial charge in [-0.2, -0.15) is 0 Å². The van der Waals surface area contributed by atoms with E-state index in [1.54, 1.807) is 0 Å². The van der Waals surface area contributed by atoms with Gasteiger partial charge in [-0.1, -0.05) is 0 Å². The van der Waals surface area contributed by atoms with E-state index in [1.165, 1.54) is 6.42 Å². The van der Waals surface area contributed by atoms with Crippen molar-refractivity contribution < 1.29 is 14.6 Å². The van der Waals surface area contributed by atoms with E-state index in [2.05, 4.69) is 0 Å². The van der Waals surface area contributed by atoms with Crippen molar-refractivity contribution in [2.75, 3.05) is 19.7 Å². The van der Waals surface area contributed by atoms with Gasteiger partial charge in [0.2, 0.25) is 0 Å². The van der Waals surface area contributed by atoms with Gasteiger partial charge in [-0.25, -0.2) is 4.79 Å². The molecule has 3 aliphatic rings. The molecule has 0 aromatic rings. The number of nitrogens with zero attached hydrogens (tertiary/aromatic N) is 1. The molecule has 4 heteroatoms. The van der Waals surface area contributed by atoms with Gasteiger partial charge in [-0.3, -0.25) is 0 Å². The second-order valence-electron chi connectivity index (χ2n) is 6.81. The zero-order valence-electron chi connectivity index (χ0n) is 11.8. The zero-order valence-corrected chi connectivity index (χ0v) is 11.8. The van der Waals surface area contributed by atoms with Crippen molar-refractivity contribution >= 4 is 6.09 Å². The molecule has 4 nitrogen and oxygen atoms in total. The lowest BCUT2D eigenvalue weighted by Crippen LogP contribution is -2.40. The van der Waals surface area contributed by atoms with Crippen LogP contribution in [-0.2, 0) is 4.74 Å². The molecule has 2 saturated carbocycles. The van der Waals surface area contributed by atoms with Crippen molar-refractivity contribution in [1.29, 1.82) is 0 Å². The molecule has 1 N–H and O–H groups in total. The van der Waals surface area contributed by atoms with Gasteiger partial charge in [0, 0.05) is 19.7 Å². The topological polar surface area (TPSA) is 49.8 Å². The summed E-state index contributed by atoms with van der Waals surface area (Å²) in [5.74, 6) is 2.32. The molecule has 108 valence electrons. The van der Waals surface area contributed by atoms with Gasteiger partial charge in [-0.15, -0.1) is 0 Å². The molecule has 0 aromatic heterocycles.